The van der Waals surface area contributed by atoms with Crippen molar-refractivity contribution >= 4 is 40.3 Å². The highest BCUT2D eigenvalue weighted by atomic mass is 35.5. The lowest BCUT2D eigenvalue weighted by molar-refractivity contribution is -0.132. The van der Waals surface area contributed by atoms with Gasteiger partial charge in [-0.3, -0.25) is 4.79 Å². The number of allylic oxidation sites excluding steroid dienone is 3. The van der Waals surface area contributed by atoms with E-state index in [0.717, 1.165) is 58.4 Å². The Morgan fingerprint density at radius 1 is 1.05 bits per heavy atom. The van der Waals surface area contributed by atoms with Crippen molar-refractivity contribution in [2.75, 3.05) is 0 Å². The van der Waals surface area contributed by atoms with Crippen LogP contribution in [0, 0.1) is 30.6 Å². The van der Waals surface area contributed by atoms with E-state index in [1.54, 1.807) is 12.4 Å². The predicted molar refractivity (Wildman–Crippen MR) is 168 cm³/mol. The maximum absolute atomic E-state index is 12.8. The second-order valence-electron chi connectivity index (χ2n) is 11.2. The zero-order valence-electron chi connectivity index (χ0n) is 24.0. The van der Waals surface area contributed by atoms with Gasteiger partial charge in [-0.25, -0.2) is 9.78 Å². The Hall–Kier alpha value is -3.46. The minimum atomic E-state index is -0.872. The summed E-state index contributed by atoms with van der Waals surface area (Å²) in [6, 6.07) is 13.6. The average Bonchev–Trinajstić information content (AvgIpc) is 3.61. The van der Waals surface area contributed by atoms with Crippen LogP contribution >= 0.6 is 22.9 Å². The summed E-state index contributed by atoms with van der Waals surface area (Å²) in [5.41, 5.74) is 8.76. The number of aliphatic carboxylic acids is 1. The summed E-state index contributed by atoms with van der Waals surface area (Å²) in [6.07, 6.45) is 5.73. The van der Waals surface area contributed by atoms with Crippen molar-refractivity contribution in [3.05, 3.63) is 104 Å². The normalized spacial score (nSPS) is 14.4. The summed E-state index contributed by atoms with van der Waals surface area (Å²) in [4.78, 5) is 29.4. The molecule has 0 saturated carbocycles. The SMILES string of the molecule is CC(=O)C(CCC(CCC(C)C)C1=C(C(=O)O)CC(c2ccc(C#Cc3cscn3)cc2)=C1)c1ccc(Cl)cc1C. The zero-order valence-corrected chi connectivity index (χ0v) is 25.6. The van der Waals surface area contributed by atoms with Gasteiger partial charge in [0.05, 0.1) is 5.51 Å². The zero-order chi connectivity index (χ0) is 29.5. The van der Waals surface area contributed by atoms with E-state index in [4.69, 9.17) is 11.6 Å². The molecule has 0 spiro atoms. The van der Waals surface area contributed by atoms with Gasteiger partial charge in [0.1, 0.15) is 11.5 Å². The van der Waals surface area contributed by atoms with E-state index < -0.39 is 5.97 Å². The number of ketones is 1. The largest absolute Gasteiger partial charge is 0.478 e. The maximum atomic E-state index is 12.8. The molecule has 0 fully saturated rings. The minimum absolute atomic E-state index is 0.0544. The van der Waals surface area contributed by atoms with E-state index in [1.165, 1.54) is 11.3 Å². The Balaban J connectivity index is 1.59. The number of carboxylic acid groups (broad SMARTS) is 1. The molecule has 2 atom stereocenters. The molecular formula is C35H36ClNO3S. The third kappa shape index (κ3) is 8.06. The summed E-state index contributed by atoms with van der Waals surface area (Å²) in [6.45, 7) is 8.00. The van der Waals surface area contributed by atoms with Crippen molar-refractivity contribution in [3.63, 3.8) is 0 Å². The number of nitrogens with zero attached hydrogens (tertiary/aromatic N) is 1. The first kappa shape index (κ1) is 30.5. The smallest absolute Gasteiger partial charge is 0.332 e. The second kappa shape index (κ2) is 13.9. The van der Waals surface area contributed by atoms with Gasteiger partial charge < -0.3 is 5.11 Å². The topological polar surface area (TPSA) is 67.3 Å². The van der Waals surface area contributed by atoms with Crippen LogP contribution in [0.4, 0.5) is 0 Å². The molecule has 6 heteroatoms. The first-order chi connectivity index (χ1) is 19.6. The first-order valence-corrected chi connectivity index (χ1v) is 15.4. The fraction of sp³-hybridized carbons (Fsp3) is 0.343. The maximum Gasteiger partial charge on any atom is 0.332 e. The monoisotopic (exact) mass is 585 g/mol. The molecule has 2 aromatic carbocycles. The number of aromatic nitrogens is 1. The number of carboxylic acids is 1. The summed E-state index contributed by atoms with van der Waals surface area (Å²) < 4.78 is 0. The van der Waals surface area contributed by atoms with Gasteiger partial charge in [-0.05, 0) is 103 Å². The van der Waals surface area contributed by atoms with Crippen LogP contribution in [0.2, 0.25) is 5.02 Å². The third-order valence-electron chi connectivity index (χ3n) is 7.76. The van der Waals surface area contributed by atoms with Gasteiger partial charge in [-0.15, -0.1) is 11.3 Å². The summed E-state index contributed by atoms with van der Waals surface area (Å²) in [7, 11) is 0. The van der Waals surface area contributed by atoms with E-state index in [1.807, 2.05) is 54.8 Å². The van der Waals surface area contributed by atoms with Crippen LogP contribution in [0.1, 0.15) is 86.7 Å². The molecule has 0 saturated heterocycles. The number of hydrogen-bond donors (Lipinski definition) is 1. The molecule has 0 radical (unpaired) electrons. The Morgan fingerprint density at radius 3 is 2.39 bits per heavy atom. The molecule has 4 nitrogen and oxygen atoms in total. The van der Waals surface area contributed by atoms with Crippen molar-refractivity contribution in [2.24, 2.45) is 11.8 Å². The van der Waals surface area contributed by atoms with E-state index >= 15 is 0 Å². The van der Waals surface area contributed by atoms with Crippen LogP contribution in [0.15, 0.2) is 70.6 Å². The number of thiazole rings is 1. The van der Waals surface area contributed by atoms with E-state index in [2.05, 4.69) is 36.7 Å². The lowest BCUT2D eigenvalue weighted by Gasteiger charge is -2.23. The van der Waals surface area contributed by atoms with Gasteiger partial charge in [-0.1, -0.05) is 62.1 Å². The number of rotatable bonds is 11. The third-order valence-corrected chi connectivity index (χ3v) is 8.58. The Bertz CT molecular complexity index is 1520. The molecule has 3 aromatic rings. The molecular weight excluding hydrogens is 550 g/mol. The summed E-state index contributed by atoms with van der Waals surface area (Å²) in [5, 5.41) is 12.8. The molecule has 1 heterocycles. The van der Waals surface area contributed by atoms with Gasteiger partial charge in [0.2, 0.25) is 0 Å². The first-order valence-electron chi connectivity index (χ1n) is 14.1. The van der Waals surface area contributed by atoms with Gasteiger partial charge in [-0.2, -0.15) is 0 Å². The molecule has 0 aliphatic heterocycles. The van der Waals surface area contributed by atoms with Crippen molar-refractivity contribution in [3.8, 4) is 11.8 Å². The van der Waals surface area contributed by atoms with E-state index in [0.29, 0.717) is 29.4 Å². The van der Waals surface area contributed by atoms with Crippen LogP contribution < -0.4 is 0 Å². The van der Waals surface area contributed by atoms with Gasteiger partial charge in [0, 0.05) is 33.9 Å². The Labute approximate surface area is 252 Å². The predicted octanol–water partition coefficient (Wildman–Crippen LogP) is 8.88. The van der Waals surface area contributed by atoms with Crippen LogP contribution in [0.3, 0.4) is 0 Å². The lowest BCUT2D eigenvalue weighted by atomic mass is 9.81. The Morgan fingerprint density at radius 2 is 1.78 bits per heavy atom. The molecule has 1 N–H and O–H groups in total. The van der Waals surface area contributed by atoms with Crippen molar-refractivity contribution < 1.29 is 14.7 Å². The summed E-state index contributed by atoms with van der Waals surface area (Å²) >= 11 is 7.69. The second-order valence-corrected chi connectivity index (χ2v) is 12.4. The quantitative estimate of drug-likeness (QED) is 0.228. The van der Waals surface area contributed by atoms with Crippen LogP contribution in [-0.2, 0) is 9.59 Å². The average molecular weight is 586 g/mol. The molecule has 0 bridgehead atoms. The van der Waals surface area contributed by atoms with E-state index in [9.17, 15) is 14.7 Å². The number of aryl methyl sites for hydroxylation is 1. The fourth-order valence-corrected chi connectivity index (χ4v) is 6.22. The molecule has 1 aliphatic carbocycles. The highest BCUT2D eigenvalue weighted by Crippen LogP contribution is 2.41. The number of hydrogen-bond acceptors (Lipinski definition) is 4. The standard InChI is InChI=1S/C35H36ClNO3S/c1-22(2)5-9-27(12-15-32(24(4)38)31-16-13-29(36)17-23(31)3)33-18-28(19-34(33)35(39)40)26-10-6-25(7-11-26)8-14-30-20-41-21-37-30/h6-7,10-11,13,16-18,20-22,27,32H,5,9,12,15,19H2,1-4H3,(H,39,40). The minimum Gasteiger partial charge on any atom is -0.478 e. The van der Waals surface area contributed by atoms with Crippen LogP contribution in [0.25, 0.3) is 5.57 Å². The molecule has 2 unspecified atom stereocenters. The van der Waals surface area contributed by atoms with Gasteiger partial charge in [0.15, 0.2) is 0 Å². The highest BCUT2D eigenvalue weighted by molar-refractivity contribution is 7.07. The van der Waals surface area contributed by atoms with E-state index in [-0.39, 0.29) is 17.6 Å². The van der Waals surface area contributed by atoms with Gasteiger partial charge >= 0.3 is 5.97 Å². The molecule has 4 rings (SSSR count). The molecule has 41 heavy (non-hydrogen) atoms. The Kier molecular flexibility index (Phi) is 10.4. The van der Waals surface area contributed by atoms with Crippen molar-refractivity contribution in [1.82, 2.24) is 4.98 Å². The molecule has 212 valence electrons. The van der Waals surface area contributed by atoms with Crippen LogP contribution in [-0.4, -0.2) is 21.8 Å². The number of carbonyl (C=O) groups excluding carboxylic acids is 1. The number of halogens is 1. The molecule has 1 aliphatic rings. The van der Waals surface area contributed by atoms with Crippen molar-refractivity contribution in [2.45, 2.75) is 65.7 Å². The number of Topliss-reactive ketones (excluding diaryl/α,β-unsaturated/α-hetero) is 1. The molecule has 1 aromatic heterocycles. The highest BCUT2D eigenvalue weighted by Gasteiger charge is 2.29. The van der Waals surface area contributed by atoms with Crippen molar-refractivity contribution in [1.29, 1.82) is 0 Å². The summed E-state index contributed by atoms with van der Waals surface area (Å²) in [5.74, 6) is 5.75. The molecule has 0 amide bonds. The van der Waals surface area contributed by atoms with Gasteiger partial charge in [0.25, 0.3) is 0 Å². The van der Waals surface area contributed by atoms with Crippen LogP contribution in [0.5, 0.6) is 0 Å². The lowest BCUT2D eigenvalue weighted by Crippen LogP contribution is -2.15. The number of carbonyl (C=O) groups is 2. The fourth-order valence-electron chi connectivity index (χ4n) is 5.51. The number of benzene rings is 2.